The topological polar surface area (TPSA) is 26.3 Å². The lowest BCUT2D eigenvalue weighted by Gasteiger charge is -2.53. The second-order valence-corrected chi connectivity index (χ2v) is 14.3. The summed E-state index contributed by atoms with van der Waals surface area (Å²) < 4.78 is 6.60. The highest BCUT2D eigenvalue weighted by Gasteiger charge is 2.55. The van der Waals surface area contributed by atoms with Crippen LogP contribution in [0.15, 0.2) is 11.8 Å². The molecule has 0 aromatic carbocycles. The van der Waals surface area contributed by atoms with Gasteiger partial charge in [0.05, 0.1) is 5.76 Å². The summed E-state index contributed by atoms with van der Waals surface area (Å²) in [5, 5.41) is 0.209. The highest BCUT2D eigenvalue weighted by Crippen LogP contribution is 2.57. The average molecular weight is 323 g/mol. The van der Waals surface area contributed by atoms with E-state index < -0.39 is 8.32 Å². The van der Waals surface area contributed by atoms with Crippen LogP contribution in [0.25, 0.3) is 0 Å². The largest absolute Gasteiger partial charge is 0.547 e. The molecule has 0 saturated heterocycles. The summed E-state index contributed by atoms with van der Waals surface area (Å²) in [5.41, 5.74) is -0.337. The van der Waals surface area contributed by atoms with Gasteiger partial charge < -0.3 is 4.43 Å². The molecule has 1 saturated carbocycles. The molecule has 0 amide bonds. The first-order valence-corrected chi connectivity index (χ1v) is 11.7. The van der Waals surface area contributed by atoms with E-state index in [0.717, 1.165) is 31.4 Å². The van der Waals surface area contributed by atoms with Crippen molar-refractivity contribution in [3.63, 3.8) is 0 Å². The Hall–Kier alpha value is -0.573. The van der Waals surface area contributed by atoms with Crippen molar-refractivity contribution < 1.29 is 9.22 Å². The molecule has 0 N–H and O–H groups in total. The van der Waals surface area contributed by atoms with Crippen LogP contribution in [0.4, 0.5) is 0 Å². The number of fused-ring (bicyclic) bond motifs is 1. The standard InChI is InChI=1S/C19H34O2Si/c1-17(2,3)22(7,8)21-15-12-14-10-9-11-16(20)19(14,6)18(4,5)13-15/h13-14H,9-12H2,1-8H3/t14-,19+/m0/s1. The third-order valence-electron chi connectivity index (χ3n) is 6.85. The first-order chi connectivity index (χ1) is 9.81. The van der Waals surface area contributed by atoms with Crippen molar-refractivity contribution in [2.45, 2.75) is 85.4 Å². The molecular formula is C19H34O2Si. The molecule has 3 heteroatoms. The second-order valence-electron chi connectivity index (χ2n) is 9.61. The van der Waals surface area contributed by atoms with Gasteiger partial charge in [0, 0.05) is 18.3 Å². The van der Waals surface area contributed by atoms with Gasteiger partial charge in [0.2, 0.25) is 8.32 Å². The highest BCUT2D eigenvalue weighted by atomic mass is 28.4. The monoisotopic (exact) mass is 322 g/mol. The predicted molar refractivity (Wildman–Crippen MR) is 95.2 cm³/mol. The maximum absolute atomic E-state index is 12.7. The van der Waals surface area contributed by atoms with Crippen molar-refractivity contribution in [3.05, 3.63) is 11.8 Å². The van der Waals surface area contributed by atoms with Crippen LogP contribution in [0.3, 0.4) is 0 Å². The molecule has 0 aromatic rings. The summed E-state index contributed by atoms with van der Waals surface area (Å²) in [6.45, 7) is 18.1. The summed E-state index contributed by atoms with van der Waals surface area (Å²) >= 11 is 0. The lowest BCUT2D eigenvalue weighted by molar-refractivity contribution is -0.142. The van der Waals surface area contributed by atoms with Crippen LogP contribution in [-0.2, 0) is 9.22 Å². The van der Waals surface area contributed by atoms with Crippen molar-refractivity contribution >= 4 is 14.1 Å². The summed E-state index contributed by atoms with van der Waals surface area (Å²) in [5.74, 6) is 2.04. The number of ketones is 1. The Morgan fingerprint density at radius 3 is 2.36 bits per heavy atom. The molecule has 0 bridgehead atoms. The van der Waals surface area contributed by atoms with Crippen LogP contribution in [0.5, 0.6) is 0 Å². The molecule has 0 aliphatic heterocycles. The van der Waals surface area contributed by atoms with Crippen LogP contribution in [0.2, 0.25) is 18.1 Å². The molecule has 0 radical (unpaired) electrons. The lowest BCUT2D eigenvalue weighted by atomic mass is 9.51. The molecule has 0 unspecified atom stereocenters. The van der Waals surface area contributed by atoms with Gasteiger partial charge >= 0.3 is 0 Å². The molecule has 2 aliphatic carbocycles. The van der Waals surface area contributed by atoms with E-state index in [2.05, 4.69) is 60.7 Å². The van der Waals surface area contributed by atoms with Gasteiger partial charge in [-0.3, -0.25) is 4.79 Å². The molecule has 126 valence electrons. The van der Waals surface area contributed by atoms with Gasteiger partial charge in [-0.05, 0) is 48.4 Å². The van der Waals surface area contributed by atoms with Crippen molar-refractivity contribution in [2.24, 2.45) is 16.7 Å². The number of rotatable bonds is 2. The van der Waals surface area contributed by atoms with Gasteiger partial charge in [0.25, 0.3) is 0 Å². The molecule has 22 heavy (non-hydrogen) atoms. The lowest BCUT2D eigenvalue weighted by Crippen LogP contribution is -2.52. The summed E-state index contributed by atoms with van der Waals surface area (Å²) in [6.07, 6.45) is 6.17. The Morgan fingerprint density at radius 2 is 1.82 bits per heavy atom. The van der Waals surface area contributed by atoms with Crippen LogP contribution < -0.4 is 0 Å². The average Bonchev–Trinajstić information content (AvgIpc) is 2.30. The van der Waals surface area contributed by atoms with Crippen molar-refractivity contribution in [3.8, 4) is 0 Å². The first kappa shape index (κ1) is 17.8. The number of carbonyl (C=O) groups is 1. The second kappa shape index (κ2) is 5.22. The summed E-state index contributed by atoms with van der Waals surface area (Å²) in [6, 6.07) is 0. The first-order valence-electron chi connectivity index (χ1n) is 8.75. The van der Waals surface area contributed by atoms with Gasteiger partial charge in [-0.2, -0.15) is 0 Å². The van der Waals surface area contributed by atoms with Gasteiger partial charge in [0.1, 0.15) is 5.78 Å². The maximum Gasteiger partial charge on any atom is 0.250 e. The molecule has 2 atom stereocenters. The van der Waals surface area contributed by atoms with E-state index in [0.29, 0.717) is 11.7 Å². The third-order valence-corrected chi connectivity index (χ3v) is 11.2. The number of Topliss-reactive ketones (excluding diaryl/α,β-unsaturated/α-hetero) is 1. The number of hydrogen-bond acceptors (Lipinski definition) is 2. The van der Waals surface area contributed by atoms with Crippen LogP contribution >= 0.6 is 0 Å². The van der Waals surface area contributed by atoms with Gasteiger partial charge in [0.15, 0.2) is 0 Å². The molecule has 0 spiro atoms. The molecule has 0 aromatic heterocycles. The van der Waals surface area contributed by atoms with Crippen LogP contribution in [0.1, 0.15) is 67.2 Å². The Bertz CT molecular complexity index is 496. The molecule has 2 aliphatic rings. The minimum Gasteiger partial charge on any atom is -0.547 e. The SMILES string of the molecule is CC1(C)C=C(O[Si](C)(C)C(C)(C)C)C[C@@H]2CCCC(=O)[C@@]21C. The minimum absolute atomic E-state index is 0.120. The quantitative estimate of drug-likeness (QED) is 0.610. The van der Waals surface area contributed by atoms with E-state index in [-0.39, 0.29) is 15.9 Å². The van der Waals surface area contributed by atoms with Crippen molar-refractivity contribution in [1.82, 2.24) is 0 Å². The number of allylic oxidation sites excluding steroid dienone is 2. The fourth-order valence-electron chi connectivity index (χ4n) is 3.88. The van der Waals surface area contributed by atoms with Gasteiger partial charge in [-0.1, -0.05) is 41.5 Å². The molecule has 2 nitrogen and oxygen atoms in total. The highest BCUT2D eigenvalue weighted by molar-refractivity contribution is 6.74. The fraction of sp³-hybridized carbons (Fsp3) is 0.842. The fourth-order valence-corrected chi connectivity index (χ4v) is 4.99. The molecule has 1 fully saturated rings. The molecular weight excluding hydrogens is 288 g/mol. The smallest absolute Gasteiger partial charge is 0.250 e. The minimum atomic E-state index is -1.81. The molecule has 2 rings (SSSR count). The zero-order valence-electron chi connectivity index (χ0n) is 15.8. The van der Waals surface area contributed by atoms with Crippen molar-refractivity contribution in [1.29, 1.82) is 0 Å². The van der Waals surface area contributed by atoms with Crippen LogP contribution in [-0.4, -0.2) is 14.1 Å². The van der Waals surface area contributed by atoms with Crippen molar-refractivity contribution in [2.75, 3.05) is 0 Å². The van der Waals surface area contributed by atoms with Gasteiger partial charge in [-0.25, -0.2) is 0 Å². The zero-order chi connectivity index (χ0) is 17.0. The third kappa shape index (κ3) is 2.70. The Kier molecular flexibility index (Phi) is 4.22. The van der Waals surface area contributed by atoms with E-state index in [9.17, 15) is 4.79 Å². The Balaban J connectivity index is 2.34. The number of carbonyl (C=O) groups excluding carboxylic acids is 1. The van der Waals surface area contributed by atoms with E-state index in [1.807, 2.05) is 0 Å². The zero-order valence-corrected chi connectivity index (χ0v) is 16.8. The number of hydrogen-bond donors (Lipinski definition) is 0. The molecule has 0 heterocycles. The Morgan fingerprint density at radius 1 is 1.23 bits per heavy atom. The summed E-state index contributed by atoms with van der Waals surface area (Å²) in [7, 11) is -1.81. The van der Waals surface area contributed by atoms with E-state index in [1.54, 1.807) is 0 Å². The normalized spacial score (nSPS) is 32.3. The van der Waals surface area contributed by atoms with E-state index in [1.165, 1.54) is 0 Å². The Labute approximate surface area is 137 Å². The van der Waals surface area contributed by atoms with Gasteiger partial charge in [-0.15, -0.1) is 0 Å². The van der Waals surface area contributed by atoms with E-state index >= 15 is 0 Å². The van der Waals surface area contributed by atoms with Crippen LogP contribution in [0, 0.1) is 16.7 Å². The van der Waals surface area contributed by atoms with E-state index in [4.69, 9.17) is 4.43 Å². The predicted octanol–water partition coefficient (Wildman–Crippen LogP) is 5.70. The maximum atomic E-state index is 12.7. The summed E-state index contributed by atoms with van der Waals surface area (Å²) in [4.78, 5) is 12.7.